The fourth-order valence-electron chi connectivity index (χ4n) is 3.19. The molecule has 0 bridgehead atoms. The van der Waals surface area contributed by atoms with Crippen LogP contribution in [0.3, 0.4) is 0 Å². The monoisotopic (exact) mass is 267 g/mol. The van der Waals surface area contributed by atoms with Gasteiger partial charge in [-0.15, -0.1) is 0 Å². The quantitative estimate of drug-likeness (QED) is 0.898. The molecule has 3 rings (SSSR count). The van der Waals surface area contributed by atoms with Crippen molar-refractivity contribution in [1.82, 2.24) is 4.98 Å². The molecular weight excluding hydrogens is 246 g/mol. The van der Waals surface area contributed by atoms with E-state index in [9.17, 15) is 0 Å². The lowest BCUT2D eigenvalue weighted by Crippen LogP contribution is -2.16. The summed E-state index contributed by atoms with van der Waals surface area (Å²) < 4.78 is 0. The fourth-order valence-corrected chi connectivity index (χ4v) is 3.19. The third kappa shape index (κ3) is 2.35. The normalized spacial score (nSPS) is 17.8. The lowest BCUT2D eigenvalue weighted by Gasteiger charge is -2.26. The van der Waals surface area contributed by atoms with Crippen LogP contribution in [0.2, 0.25) is 0 Å². The van der Waals surface area contributed by atoms with Gasteiger partial charge in [0.25, 0.3) is 0 Å². The van der Waals surface area contributed by atoms with Gasteiger partial charge in [0.15, 0.2) is 0 Å². The van der Waals surface area contributed by atoms with Crippen molar-refractivity contribution in [1.29, 1.82) is 0 Å². The number of nitrogens with zero attached hydrogens (tertiary/aromatic N) is 1. The number of hydrogen-bond acceptors (Lipinski definition) is 3. The molecular formula is C17H21N3. The maximum atomic E-state index is 5.92. The lowest BCUT2D eigenvalue weighted by molar-refractivity contribution is 0.594. The van der Waals surface area contributed by atoms with Crippen molar-refractivity contribution in [2.45, 2.75) is 38.3 Å². The minimum absolute atomic E-state index is 0.366. The fraction of sp³-hybridized carbons (Fsp3) is 0.353. The molecule has 104 valence electrons. The Morgan fingerprint density at radius 1 is 1.15 bits per heavy atom. The molecule has 1 unspecified atom stereocenters. The zero-order valence-electron chi connectivity index (χ0n) is 11.7. The number of rotatable bonds is 3. The molecule has 0 aliphatic heterocycles. The number of fused-ring (bicyclic) bond motifs is 1. The van der Waals surface area contributed by atoms with Crippen molar-refractivity contribution in [3.63, 3.8) is 0 Å². The Labute approximate surface area is 120 Å². The first-order valence-electron chi connectivity index (χ1n) is 7.29. The number of benzene rings is 1. The molecule has 1 aliphatic rings. The summed E-state index contributed by atoms with van der Waals surface area (Å²) in [6.45, 7) is 1.14. The van der Waals surface area contributed by atoms with Crippen LogP contribution in [0.4, 0.5) is 0 Å². The lowest BCUT2D eigenvalue weighted by atomic mass is 9.80. The molecule has 0 fully saturated rings. The van der Waals surface area contributed by atoms with Crippen LogP contribution in [0.25, 0.3) is 0 Å². The summed E-state index contributed by atoms with van der Waals surface area (Å²) in [5.41, 5.74) is 18.0. The summed E-state index contributed by atoms with van der Waals surface area (Å²) in [4.78, 5) is 4.64. The van der Waals surface area contributed by atoms with E-state index in [4.69, 9.17) is 11.5 Å². The number of nitrogens with two attached hydrogens (primary N) is 2. The van der Waals surface area contributed by atoms with Gasteiger partial charge in [-0.05, 0) is 47.6 Å². The van der Waals surface area contributed by atoms with Crippen molar-refractivity contribution < 1.29 is 0 Å². The van der Waals surface area contributed by atoms with Gasteiger partial charge in [-0.25, -0.2) is 0 Å². The Morgan fingerprint density at radius 2 is 2.05 bits per heavy atom. The van der Waals surface area contributed by atoms with E-state index in [2.05, 4.69) is 29.2 Å². The molecule has 1 aromatic carbocycles. The highest BCUT2D eigenvalue weighted by Gasteiger charge is 2.24. The van der Waals surface area contributed by atoms with Crippen molar-refractivity contribution in [3.8, 4) is 0 Å². The zero-order chi connectivity index (χ0) is 13.9. The molecule has 0 saturated carbocycles. The van der Waals surface area contributed by atoms with Crippen molar-refractivity contribution >= 4 is 0 Å². The molecule has 3 nitrogen and oxygen atoms in total. The molecule has 0 spiro atoms. The second kappa shape index (κ2) is 5.73. The predicted octanol–water partition coefficient (Wildman–Crippen LogP) is 2.47. The van der Waals surface area contributed by atoms with E-state index < -0.39 is 0 Å². The number of pyridine rings is 1. The molecule has 1 atom stereocenters. The first kappa shape index (κ1) is 13.3. The molecule has 1 heterocycles. The van der Waals surface area contributed by atoms with Crippen LogP contribution in [0.5, 0.6) is 0 Å². The minimum atomic E-state index is 0.366. The SMILES string of the molecule is NCc1ccc(CN)c(C2CCCc3cccnc32)c1. The first-order chi connectivity index (χ1) is 9.83. The second-order valence-corrected chi connectivity index (χ2v) is 5.43. The van der Waals surface area contributed by atoms with E-state index in [1.165, 1.54) is 34.4 Å². The summed E-state index contributed by atoms with van der Waals surface area (Å²) in [5, 5.41) is 0. The molecule has 1 aromatic heterocycles. The molecule has 0 amide bonds. The van der Waals surface area contributed by atoms with Gasteiger partial charge in [-0.1, -0.05) is 24.3 Å². The van der Waals surface area contributed by atoms with Crippen LogP contribution < -0.4 is 11.5 Å². The summed E-state index contributed by atoms with van der Waals surface area (Å²) >= 11 is 0. The Bertz CT molecular complexity index is 607. The van der Waals surface area contributed by atoms with Crippen molar-refractivity contribution in [2.24, 2.45) is 11.5 Å². The second-order valence-electron chi connectivity index (χ2n) is 5.43. The van der Waals surface area contributed by atoms with Gasteiger partial charge in [0, 0.05) is 25.2 Å². The minimum Gasteiger partial charge on any atom is -0.326 e. The number of aryl methyl sites for hydroxylation is 1. The maximum absolute atomic E-state index is 5.92. The van der Waals surface area contributed by atoms with E-state index in [1.807, 2.05) is 12.3 Å². The van der Waals surface area contributed by atoms with Crippen LogP contribution in [0, 0.1) is 0 Å². The first-order valence-corrected chi connectivity index (χ1v) is 7.29. The Kier molecular flexibility index (Phi) is 3.81. The number of aromatic nitrogens is 1. The number of hydrogen-bond donors (Lipinski definition) is 2. The molecule has 2 aromatic rings. The van der Waals surface area contributed by atoms with Crippen molar-refractivity contribution in [3.05, 3.63) is 64.5 Å². The van der Waals surface area contributed by atoms with Gasteiger partial charge in [0.05, 0.1) is 5.69 Å². The third-order valence-electron chi connectivity index (χ3n) is 4.24. The topological polar surface area (TPSA) is 64.9 Å². The molecule has 4 N–H and O–H groups in total. The van der Waals surface area contributed by atoms with Crippen molar-refractivity contribution in [2.75, 3.05) is 0 Å². The highest BCUT2D eigenvalue weighted by molar-refractivity contribution is 5.42. The molecule has 3 heteroatoms. The highest BCUT2D eigenvalue weighted by atomic mass is 14.7. The van der Waals surface area contributed by atoms with E-state index in [0.29, 0.717) is 19.0 Å². The summed E-state index contributed by atoms with van der Waals surface area (Å²) in [6, 6.07) is 10.6. The Hall–Kier alpha value is -1.71. The summed E-state index contributed by atoms with van der Waals surface area (Å²) in [5.74, 6) is 0.366. The van der Waals surface area contributed by atoms with Gasteiger partial charge in [0.1, 0.15) is 0 Å². The summed E-state index contributed by atoms with van der Waals surface area (Å²) in [6.07, 6.45) is 5.38. The van der Waals surface area contributed by atoms with Gasteiger partial charge in [-0.2, -0.15) is 0 Å². The van der Waals surface area contributed by atoms with E-state index in [1.54, 1.807) is 0 Å². The van der Waals surface area contributed by atoms with Gasteiger partial charge < -0.3 is 11.5 Å². The van der Waals surface area contributed by atoms with Crippen LogP contribution >= 0.6 is 0 Å². The Balaban J connectivity index is 2.09. The van der Waals surface area contributed by atoms with E-state index >= 15 is 0 Å². The molecule has 20 heavy (non-hydrogen) atoms. The molecule has 0 radical (unpaired) electrons. The van der Waals surface area contributed by atoms with Gasteiger partial charge >= 0.3 is 0 Å². The largest absolute Gasteiger partial charge is 0.326 e. The molecule has 0 saturated heterocycles. The van der Waals surface area contributed by atoms with Crippen LogP contribution in [-0.2, 0) is 19.5 Å². The average Bonchev–Trinajstić information content (AvgIpc) is 2.53. The van der Waals surface area contributed by atoms with Crippen LogP contribution in [0.15, 0.2) is 36.5 Å². The predicted molar refractivity (Wildman–Crippen MR) is 81.2 cm³/mol. The zero-order valence-corrected chi connectivity index (χ0v) is 11.7. The molecule has 1 aliphatic carbocycles. The van der Waals surface area contributed by atoms with Gasteiger partial charge in [0.2, 0.25) is 0 Å². The maximum Gasteiger partial charge on any atom is 0.0510 e. The van der Waals surface area contributed by atoms with Crippen LogP contribution in [-0.4, -0.2) is 4.98 Å². The van der Waals surface area contributed by atoms with Crippen LogP contribution in [0.1, 0.15) is 46.7 Å². The Morgan fingerprint density at radius 3 is 2.85 bits per heavy atom. The average molecular weight is 267 g/mol. The highest BCUT2D eigenvalue weighted by Crippen LogP contribution is 2.37. The van der Waals surface area contributed by atoms with E-state index in [0.717, 1.165) is 12.8 Å². The standard InChI is InChI=1S/C17H21N3/c18-10-12-6-7-14(11-19)16(9-12)15-5-1-3-13-4-2-8-20-17(13)15/h2,4,6-9,15H,1,3,5,10-11,18-19H2. The van der Waals surface area contributed by atoms with E-state index in [-0.39, 0.29) is 0 Å². The third-order valence-corrected chi connectivity index (χ3v) is 4.24. The van der Waals surface area contributed by atoms with Gasteiger partial charge in [-0.3, -0.25) is 4.98 Å². The summed E-state index contributed by atoms with van der Waals surface area (Å²) in [7, 11) is 0. The smallest absolute Gasteiger partial charge is 0.0510 e.